The van der Waals surface area contributed by atoms with Gasteiger partial charge < -0.3 is 10.1 Å². The summed E-state index contributed by atoms with van der Waals surface area (Å²) in [6, 6.07) is 5.35. The fourth-order valence-electron chi connectivity index (χ4n) is 2.34. The molecule has 0 unspecified atom stereocenters. The van der Waals surface area contributed by atoms with Crippen LogP contribution in [0.2, 0.25) is 0 Å². The lowest BCUT2D eigenvalue weighted by atomic mass is 9.95. The molecule has 1 aromatic rings. The molecule has 0 atom stereocenters. The molecule has 0 heterocycles. The van der Waals surface area contributed by atoms with Crippen molar-refractivity contribution in [2.45, 2.75) is 46.6 Å². The van der Waals surface area contributed by atoms with Crippen LogP contribution in [0.25, 0.3) is 0 Å². The maximum absolute atomic E-state index is 13.4. The third-order valence-corrected chi connectivity index (χ3v) is 3.03. The molecule has 0 amide bonds. The molecule has 0 aliphatic rings. The van der Waals surface area contributed by atoms with E-state index >= 15 is 0 Å². The van der Waals surface area contributed by atoms with Crippen LogP contribution in [0.3, 0.4) is 0 Å². The van der Waals surface area contributed by atoms with E-state index < -0.39 is 0 Å². The molecular weight excluding hydrogens is 241 g/mol. The summed E-state index contributed by atoms with van der Waals surface area (Å²) in [7, 11) is 1.49. The fourth-order valence-corrected chi connectivity index (χ4v) is 2.34. The minimum Gasteiger partial charge on any atom is -0.494 e. The average Bonchev–Trinajstić information content (AvgIpc) is 2.29. The molecule has 108 valence electrons. The number of benzene rings is 1. The van der Waals surface area contributed by atoms with Crippen LogP contribution in [0.1, 0.15) is 40.5 Å². The van der Waals surface area contributed by atoms with Crippen molar-refractivity contribution in [1.29, 1.82) is 0 Å². The molecule has 0 fully saturated rings. The number of hydrogen-bond donors (Lipinski definition) is 1. The number of rotatable bonds is 7. The Morgan fingerprint density at radius 1 is 1.11 bits per heavy atom. The molecule has 2 nitrogen and oxygen atoms in total. The summed E-state index contributed by atoms with van der Waals surface area (Å²) < 4.78 is 18.4. The van der Waals surface area contributed by atoms with Crippen molar-refractivity contribution in [3.8, 4) is 5.75 Å². The van der Waals surface area contributed by atoms with E-state index in [1.54, 1.807) is 12.1 Å². The van der Waals surface area contributed by atoms with E-state index in [2.05, 4.69) is 33.0 Å². The SMILES string of the molecule is COc1cc(NC(CC(C)C)CC(C)C)ccc1F. The normalized spacial score (nSPS) is 11.4. The van der Waals surface area contributed by atoms with Crippen molar-refractivity contribution in [2.24, 2.45) is 11.8 Å². The number of hydrogen-bond acceptors (Lipinski definition) is 2. The Labute approximate surface area is 116 Å². The average molecular weight is 267 g/mol. The summed E-state index contributed by atoms with van der Waals surface area (Å²) in [6.45, 7) is 8.89. The summed E-state index contributed by atoms with van der Waals surface area (Å²) in [5.41, 5.74) is 0.921. The zero-order valence-electron chi connectivity index (χ0n) is 12.7. The van der Waals surface area contributed by atoms with Gasteiger partial charge >= 0.3 is 0 Å². The maximum Gasteiger partial charge on any atom is 0.165 e. The van der Waals surface area contributed by atoms with Crippen molar-refractivity contribution in [2.75, 3.05) is 12.4 Å². The Kier molecular flexibility index (Phi) is 6.13. The van der Waals surface area contributed by atoms with Gasteiger partial charge in [-0.15, -0.1) is 0 Å². The Bertz CT molecular complexity index is 380. The van der Waals surface area contributed by atoms with Gasteiger partial charge in [-0.3, -0.25) is 0 Å². The highest BCUT2D eigenvalue weighted by molar-refractivity contribution is 5.49. The van der Waals surface area contributed by atoms with Gasteiger partial charge in [-0.05, 0) is 36.8 Å². The second-order valence-electron chi connectivity index (χ2n) is 5.95. The van der Waals surface area contributed by atoms with Gasteiger partial charge in [0, 0.05) is 17.8 Å². The highest BCUT2D eigenvalue weighted by atomic mass is 19.1. The topological polar surface area (TPSA) is 21.3 Å². The molecule has 0 spiro atoms. The molecule has 0 saturated heterocycles. The zero-order valence-corrected chi connectivity index (χ0v) is 12.7. The lowest BCUT2D eigenvalue weighted by Gasteiger charge is -2.23. The van der Waals surface area contributed by atoms with Crippen molar-refractivity contribution in [1.82, 2.24) is 0 Å². The minimum absolute atomic E-state index is 0.290. The van der Waals surface area contributed by atoms with E-state index in [1.807, 2.05) is 0 Å². The van der Waals surface area contributed by atoms with Gasteiger partial charge in [-0.2, -0.15) is 0 Å². The number of methoxy groups -OCH3 is 1. The van der Waals surface area contributed by atoms with Gasteiger partial charge in [0.1, 0.15) is 0 Å². The Hall–Kier alpha value is -1.25. The van der Waals surface area contributed by atoms with Gasteiger partial charge in [0.2, 0.25) is 0 Å². The van der Waals surface area contributed by atoms with Crippen LogP contribution in [-0.4, -0.2) is 13.2 Å². The highest BCUT2D eigenvalue weighted by Crippen LogP contribution is 2.24. The van der Waals surface area contributed by atoms with Crippen molar-refractivity contribution in [3.05, 3.63) is 24.0 Å². The van der Waals surface area contributed by atoms with Crippen LogP contribution in [-0.2, 0) is 0 Å². The Balaban J connectivity index is 2.77. The second kappa shape index (κ2) is 7.37. The lowest BCUT2D eigenvalue weighted by Crippen LogP contribution is -2.23. The van der Waals surface area contributed by atoms with Gasteiger partial charge in [-0.25, -0.2) is 4.39 Å². The lowest BCUT2D eigenvalue weighted by molar-refractivity contribution is 0.386. The molecule has 1 rings (SSSR count). The first-order chi connectivity index (χ1) is 8.92. The molecule has 3 heteroatoms. The van der Waals surface area contributed by atoms with Crippen LogP contribution in [0.5, 0.6) is 5.75 Å². The Morgan fingerprint density at radius 2 is 1.68 bits per heavy atom. The first-order valence-corrected chi connectivity index (χ1v) is 7.02. The summed E-state index contributed by atoms with van der Waals surface area (Å²) in [5, 5.41) is 3.50. The largest absolute Gasteiger partial charge is 0.494 e. The highest BCUT2D eigenvalue weighted by Gasteiger charge is 2.13. The van der Waals surface area contributed by atoms with Crippen LogP contribution in [0.4, 0.5) is 10.1 Å². The molecule has 1 aromatic carbocycles. The fraction of sp³-hybridized carbons (Fsp3) is 0.625. The number of ether oxygens (including phenoxy) is 1. The number of nitrogens with one attached hydrogen (secondary N) is 1. The molecular formula is C16H26FNO. The van der Waals surface area contributed by atoms with Crippen LogP contribution < -0.4 is 10.1 Å². The molecule has 0 radical (unpaired) electrons. The number of anilines is 1. The predicted molar refractivity (Wildman–Crippen MR) is 79.3 cm³/mol. The van der Waals surface area contributed by atoms with E-state index in [9.17, 15) is 4.39 Å². The molecule has 19 heavy (non-hydrogen) atoms. The predicted octanol–water partition coefficient (Wildman–Crippen LogP) is 4.71. The molecule has 0 aliphatic carbocycles. The molecule has 0 bridgehead atoms. The molecule has 0 saturated carbocycles. The second-order valence-corrected chi connectivity index (χ2v) is 5.95. The molecule has 0 aliphatic heterocycles. The zero-order chi connectivity index (χ0) is 14.4. The smallest absolute Gasteiger partial charge is 0.165 e. The molecule has 1 N–H and O–H groups in total. The quantitative estimate of drug-likeness (QED) is 0.772. The van der Waals surface area contributed by atoms with Crippen LogP contribution in [0.15, 0.2) is 18.2 Å². The van der Waals surface area contributed by atoms with E-state index in [0.717, 1.165) is 18.5 Å². The third kappa shape index (κ3) is 5.50. The van der Waals surface area contributed by atoms with Gasteiger partial charge in [0.05, 0.1) is 7.11 Å². The van der Waals surface area contributed by atoms with Gasteiger partial charge in [0.25, 0.3) is 0 Å². The summed E-state index contributed by atoms with van der Waals surface area (Å²) >= 11 is 0. The first-order valence-electron chi connectivity index (χ1n) is 7.02. The van der Waals surface area contributed by atoms with E-state index in [-0.39, 0.29) is 11.6 Å². The standard InChI is InChI=1S/C16H26FNO/c1-11(2)8-14(9-12(3)4)18-13-6-7-15(17)16(10-13)19-5/h6-7,10-12,14,18H,8-9H2,1-5H3. The maximum atomic E-state index is 13.4. The summed E-state index contributed by atoms with van der Waals surface area (Å²) in [6.07, 6.45) is 2.22. The summed E-state index contributed by atoms with van der Waals surface area (Å²) in [4.78, 5) is 0. The van der Waals surface area contributed by atoms with Crippen LogP contribution in [0, 0.1) is 17.7 Å². The Morgan fingerprint density at radius 3 is 2.16 bits per heavy atom. The van der Waals surface area contributed by atoms with E-state index in [1.165, 1.54) is 13.2 Å². The monoisotopic (exact) mass is 267 g/mol. The van der Waals surface area contributed by atoms with Crippen molar-refractivity contribution in [3.63, 3.8) is 0 Å². The first kappa shape index (κ1) is 15.8. The van der Waals surface area contributed by atoms with Crippen LogP contribution >= 0.6 is 0 Å². The van der Waals surface area contributed by atoms with Crippen molar-refractivity contribution >= 4 is 5.69 Å². The minimum atomic E-state index is -0.322. The van der Waals surface area contributed by atoms with Crippen molar-refractivity contribution < 1.29 is 9.13 Å². The molecule has 0 aromatic heterocycles. The summed E-state index contributed by atoms with van der Waals surface area (Å²) in [5.74, 6) is 1.24. The van der Waals surface area contributed by atoms with Gasteiger partial charge in [0.15, 0.2) is 11.6 Å². The van der Waals surface area contributed by atoms with Gasteiger partial charge in [-0.1, -0.05) is 27.7 Å². The number of halogens is 1. The third-order valence-electron chi connectivity index (χ3n) is 3.03. The van der Waals surface area contributed by atoms with E-state index in [0.29, 0.717) is 17.9 Å². The van der Waals surface area contributed by atoms with E-state index in [4.69, 9.17) is 4.74 Å².